The molecule has 0 spiro atoms. The molecule has 0 heterocycles. The molecule has 1 aliphatic carbocycles. The maximum atomic E-state index is 11.9. The SMILES string of the molecule is O=C(Cc1ccc(Cl)cc1Cl)NCC1(O)CCCCC1. The van der Waals surface area contributed by atoms with E-state index in [-0.39, 0.29) is 12.3 Å². The van der Waals surface area contributed by atoms with Gasteiger partial charge in [-0.25, -0.2) is 0 Å². The lowest BCUT2D eigenvalue weighted by Crippen LogP contribution is -2.44. The maximum absolute atomic E-state index is 11.9. The molecule has 110 valence electrons. The van der Waals surface area contributed by atoms with Crippen LogP contribution < -0.4 is 5.32 Å². The molecule has 1 amide bonds. The highest BCUT2D eigenvalue weighted by Crippen LogP contribution is 2.27. The Hall–Kier alpha value is -0.770. The summed E-state index contributed by atoms with van der Waals surface area (Å²) >= 11 is 11.9. The number of hydrogen-bond acceptors (Lipinski definition) is 2. The largest absolute Gasteiger partial charge is 0.388 e. The molecule has 1 aliphatic rings. The first-order chi connectivity index (χ1) is 9.48. The zero-order valence-corrected chi connectivity index (χ0v) is 12.8. The fourth-order valence-corrected chi connectivity index (χ4v) is 3.03. The molecule has 0 aliphatic heterocycles. The van der Waals surface area contributed by atoms with Gasteiger partial charge in [0.05, 0.1) is 12.0 Å². The first-order valence-electron chi connectivity index (χ1n) is 6.92. The highest BCUT2D eigenvalue weighted by Gasteiger charge is 2.29. The standard InChI is InChI=1S/C15H19Cl2NO2/c16-12-5-4-11(13(17)9-12)8-14(19)18-10-15(20)6-2-1-3-7-15/h4-5,9,20H,1-3,6-8,10H2,(H,18,19). The Bertz CT molecular complexity index is 485. The molecule has 0 atom stereocenters. The summed E-state index contributed by atoms with van der Waals surface area (Å²) in [5, 5.41) is 14.2. The quantitative estimate of drug-likeness (QED) is 0.895. The minimum absolute atomic E-state index is 0.131. The molecular formula is C15H19Cl2NO2. The lowest BCUT2D eigenvalue weighted by atomic mass is 9.85. The van der Waals surface area contributed by atoms with Gasteiger partial charge in [0.1, 0.15) is 0 Å². The smallest absolute Gasteiger partial charge is 0.224 e. The molecular weight excluding hydrogens is 297 g/mol. The van der Waals surface area contributed by atoms with Crippen LogP contribution in [0.4, 0.5) is 0 Å². The summed E-state index contributed by atoms with van der Waals surface area (Å²) in [6.07, 6.45) is 4.93. The number of rotatable bonds is 4. The second kappa shape index (κ2) is 6.79. The van der Waals surface area contributed by atoms with Gasteiger partial charge in [-0.2, -0.15) is 0 Å². The Morgan fingerprint density at radius 1 is 1.25 bits per heavy atom. The van der Waals surface area contributed by atoms with E-state index in [2.05, 4.69) is 5.32 Å². The van der Waals surface area contributed by atoms with E-state index in [1.807, 2.05) is 0 Å². The number of amides is 1. The number of hydrogen-bond donors (Lipinski definition) is 2. The van der Waals surface area contributed by atoms with Crippen molar-refractivity contribution in [2.75, 3.05) is 6.54 Å². The predicted octanol–water partition coefficient (Wildman–Crippen LogP) is 3.35. The van der Waals surface area contributed by atoms with Crippen molar-refractivity contribution < 1.29 is 9.90 Å². The van der Waals surface area contributed by atoms with Crippen molar-refractivity contribution in [1.29, 1.82) is 0 Å². The second-order valence-corrected chi connectivity index (χ2v) is 6.32. The van der Waals surface area contributed by atoms with Crippen LogP contribution in [0, 0.1) is 0 Å². The molecule has 0 bridgehead atoms. The molecule has 1 fully saturated rings. The molecule has 1 aromatic rings. The summed E-state index contributed by atoms with van der Waals surface area (Å²) in [4.78, 5) is 11.9. The van der Waals surface area contributed by atoms with Gasteiger partial charge in [0.2, 0.25) is 5.91 Å². The zero-order chi connectivity index (χ0) is 14.6. The molecule has 0 saturated heterocycles. The van der Waals surface area contributed by atoms with Crippen molar-refractivity contribution in [3.63, 3.8) is 0 Å². The molecule has 0 radical (unpaired) electrons. The minimum Gasteiger partial charge on any atom is -0.388 e. The van der Waals surface area contributed by atoms with Crippen LogP contribution in [-0.4, -0.2) is 23.2 Å². The number of benzene rings is 1. The van der Waals surface area contributed by atoms with Gasteiger partial charge in [-0.05, 0) is 30.5 Å². The van der Waals surface area contributed by atoms with Crippen molar-refractivity contribution in [2.45, 2.75) is 44.1 Å². The molecule has 1 aromatic carbocycles. The van der Waals surface area contributed by atoms with Crippen LogP contribution in [0.25, 0.3) is 0 Å². The summed E-state index contributed by atoms with van der Waals surface area (Å²) in [6, 6.07) is 5.09. The normalized spacial score (nSPS) is 17.8. The van der Waals surface area contributed by atoms with Crippen molar-refractivity contribution in [3.05, 3.63) is 33.8 Å². The van der Waals surface area contributed by atoms with Gasteiger partial charge in [0.25, 0.3) is 0 Å². The molecule has 0 unspecified atom stereocenters. The summed E-state index contributed by atoms with van der Waals surface area (Å²) in [5.41, 5.74) is 0.00161. The van der Waals surface area contributed by atoms with Crippen LogP contribution in [0.15, 0.2) is 18.2 Å². The average molecular weight is 316 g/mol. The average Bonchev–Trinajstić information content (AvgIpc) is 2.41. The minimum atomic E-state index is -0.738. The number of nitrogens with one attached hydrogen (secondary N) is 1. The third kappa shape index (κ3) is 4.37. The number of aliphatic hydroxyl groups is 1. The van der Waals surface area contributed by atoms with E-state index in [9.17, 15) is 9.90 Å². The Balaban J connectivity index is 1.86. The van der Waals surface area contributed by atoms with Crippen molar-refractivity contribution in [3.8, 4) is 0 Å². The Morgan fingerprint density at radius 3 is 2.60 bits per heavy atom. The summed E-state index contributed by atoms with van der Waals surface area (Å²) in [7, 11) is 0. The van der Waals surface area contributed by atoms with E-state index in [0.29, 0.717) is 16.6 Å². The highest BCUT2D eigenvalue weighted by molar-refractivity contribution is 6.35. The van der Waals surface area contributed by atoms with E-state index in [0.717, 1.165) is 37.7 Å². The van der Waals surface area contributed by atoms with Gasteiger partial charge in [0.15, 0.2) is 0 Å². The van der Waals surface area contributed by atoms with Gasteiger partial charge >= 0.3 is 0 Å². The first kappa shape index (κ1) is 15.6. The Kier molecular flexibility index (Phi) is 5.30. The van der Waals surface area contributed by atoms with Crippen molar-refractivity contribution >= 4 is 29.1 Å². The Labute approximate surface area is 129 Å². The lowest BCUT2D eigenvalue weighted by Gasteiger charge is -2.32. The molecule has 5 heteroatoms. The van der Waals surface area contributed by atoms with Gasteiger partial charge in [0, 0.05) is 16.6 Å². The zero-order valence-electron chi connectivity index (χ0n) is 11.3. The summed E-state index contributed by atoms with van der Waals surface area (Å²) in [5.74, 6) is -0.131. The fourth-order valence-electron chi connectivity index (χ4n) is 2.55. The van der Waals surface area contributed by atoms with Crippen molar-refractivity contribution in [2.24, 2.45) is 0 Å². The Morgan fingerprint density at radius 2 is 1.95 bits per heavy atom. The number of carbonyl (C=O) groups is 1. The molecule has 20 heavy (non-hydrogen) atoms. The van der Waals surface area contributed by atoms with E-state index in [4.69, 9.17) is 23.2 Å². The highest BCUT2D eigenvalue weighted by atomic mass is 35.5. The molecule has 2 rings (SSSR count). The number of halogens is 2. The topological polar surface area (TPSA) is 49.3 Å². The van der Waals surface area contributed by atoms with Crippen LogP contribution in [0.3, 0.4) is 0 Å². The maximum Gasteiger partial charge on any atom is 0.224 e. The molecule has 1 saturated carbocycles. The first-order valence-corrected chi connectivity index (χ1v) is 7.67. The second-order valence-electron chi connectivity index (χ2n) is 5.47. The third-order valence-electron chi connectivity index (χ3n) is 3.77. The van der Waals surface area contributed by atoms with Gasteiger partial charge < -0.3 is 10.4 Å². The van der Waals surface area contributed by atoms with Crippen LogP contribution in [0.5, 0.6) is 0 Å². The third-order valence-corrected chi connectivity index (χ3v) is 4.35. The van der Waals surface area contributed by atoms with Crippen LogP contribution >= 0.6 is 23.2 Å². The lowest BCUT2D eigenvalue weighted by molar-refractivity contribution is -0.122. The van der Waals surface area contributed by atoms with Gasteiger partial charge in [-0.1, -0.05) is 48.5 Å². The van der Waals surface area contributed by atoms with E-state index in [1.165, 1.54) is 0 Å². The summed E-state index contributed by atoms with van der Waals surface area (Å²) < 4.78 is 0. The van der Waals surface area contributed by atoms with E-state index < -0.39 is 5.60 Å². The molecule has 3 nitrogen and oxygen atoms in total. The van der Waals surface area contributed by atoms with Crippen molar-refractivity contribution in [1.82, 2.24) is 5.32 Å². The molecule has 2 N–H and O–H groups in total. The predicted molar refractivity (Wildman–Crippen MR) is 81.2 cm³/mol. The van der Waals surface area contributed by atoms with E-state index >= 15 is 0 Å². The fraction of sp³-hybridized carbons (Fsp3) is 0.533. The van der Waals surface area contributed by atoms with Gasteiger partial charge in [-0.3, -0.25) is 4.79 Å². The number of carbonyl (C=O) groups excluding carboxylic acids is 1. The summed E-state index contributed by atoms with van der Waals surface area (Å²) in [6.45, 7) is 0.317. The molecule has 0 aromatic heterocycles. The van der Waals surface area contributed by atoms with Crippen LogP contribution in [-0.2, 0) is 11.2 Å². The van der Waals surface area contributed by atoms with Gasteiger partial charge in [-0.15, -0.1) is 0 Å². The van der Waals surface area contributed by atoms with Crippen LogP contribution in [0.2, 0.25) is 10.0 Å². The monoisotopic (exact) mass is 315 g/mol. The van der Waals surface area contributed by atoms with E-state index in [1.54, 1.807) is 18.2 Å². The van der Waals surface area contributed by atoms with Crippen LogP contribution in [0.1, 0.15) is 37.7 Å².